The molecule has 3 aromatic rings. The van der Waals surface area contributed by atoms with Crippen LogP contribution in [0.4, 0.5) is 24.8 Å². The van der Waals surface area contributed by atoms with Gasteiger partial charge in [-0.1, -0.05) is 11.6 Å². The summed E-state index contributed by atoms with van der Waals surface area (Å²) in [4.78, 5) is 7.93. The van der Waals surface area contributed by atoms with Gasteiger partial charge in [-0.3, -0.25) is 0 Å². The number of hydrogen-bond donors (Lipinski definition) is 0. The van der Waals surface area contributed by atoms with Crippen LogP contribution in [0.3, 0.4) is 0 Å². The van der Waals surface area contributed by atoms with Crippen LogP contribution in [0.2, 0.25) is 5.15 Å². The Bertz CT molecular complexity index is 920. The van der Waals surface area contributed by atoms with E-state index in [-0.39, 0.29) is 5.15 Å². The summed E-state index contributed by atoms with van der Waals surface area (Å²) in [5, 5.41) is 9.07. The summed E-state index contributed by atoms with van der Waals surface area (Å²) in [5.74, 6) is 1.20. The predicted molar refractivity (Wildman–Crippen MR) is 90.5 cm³/mol. The third-order valence-electron chi connectivity index (χ3n) is 4.30. The van der Waals surface area contributed by atoms with Crippen molar-refractivity contribution >= 4 is 34.2 Å². The molecule has 0 radical (unpaired) electrons. The maximum absolute atomic E-state index is 12.6. The molecule has 0 aliphatic carbocycles. The van der Waals surface area contributed by atoms with Crippen LogP contribution in [0, 0.1) is 0 Å². The van der Waals surface area contributed by atoms with Crippen molar-refractivity contribution in [3.63, 3.8) is 0 Å². The second kappa shape index (κ2) is 6.31. The summed E-state index contributed by atoms with van der Waals surface area (Å²) >= 11 is 5.97. The molecule has 1 aliphatic rings. The first-order valence-electron chi connectivity index (χ1n) is 7.86. The fourth-order valence-electron chi connectivity index (χ4n) is 2.96. The Labute approximate surface area is 151 Å². The van der Waals surface area contributed by atoms with E-state index >= 15 is 0 Å². The van der Waals surface area contributed by atoms with Crippen LogP contribution in [0.1, 0.15) is 5.56 Å². The Morgan fingerprint density at radius 3 is 2.38 bits per heavy atom. The van der Waals surface area contributed by atoms with E-state index in [1.54, 1.807) is 6.07 Å². The van der Waals surface area contributed by atoms with Gasteiger partial charge >= 0.3 is 6.18 Å². The van der Waals surface area contributed by atoms with E-state index in [1.165, 1.54) is 12.3 Å². The number of fused-ring (bicyclic) bond motifs is 1. The molecule has 1 fully saturated rings. The molecule has 4 rings (SSSR count). The highest BCUT2D eigenvalue weighted by molar-refractivity contribution is 6.33. The maximum Gasteiger partial charge on any atom is 0.417 e. The largest absolute Gasteiger partial charge is 0.461 e. The summed E-state index contributed by atoms with van der Waals surface area (Å²) in [5.41, 5.74) is -0.262. The second-order valence-electron chi connectivity index (χ2n) is 5.85. The summed E-state index contributed by atoms with van der Waals surface area (Å²) in [6.07, 6.45) is -1.99. The summed E-state index contributed by atoms with van der Waals surface area (Å²) in [6.45, 7) is 2.45. The van der Waals surface area contributed by atoms with E-state index in [1.807, 2.05) is 9.80 Å². The van der Waals surface area contributed by atoms with Crippen molar-refractivity contribution in [3.05, 3.63) is 41.4 Å². The Morgan fingerprint density at radius 2 is 1.73 bits per heavy atom. The first-order chi connectivity index (χ1) is 12.4. The van der Waals surface area contributed by atoms with Gasteiger partial charge in [0.2, 0.25) is 0 Å². The van der Waals surface area contributed by atoms with Crippen LogP contribution in [0.25, 0.3) is 11.0 Å². The molecule has 0 unspecified atom stereocenters. The summed E-state index contributed by atoms with van der Waals surface area (Å²) in [7, 11) is 0. The normalized spacial score (nSPS) is 15.7. The van der Waals surface area contributed by atoms with E-state index in [0.29, 0.717) is 43.4 Å². The number of furan rings is 1. The van der Waals surface area contributed by atoms with Crippen LogP contribution in [-0.2, 0) is 6.18 Å². The topological polar surface area (TPSA) is 58.3 Å². The lowest BCUT2D eigenvalue weighted by molar-refractivity contribution is -0.137. The lowest BCUT2D eigenvalue weighted by Crippen LogP contribution is -2.47. The van der Waals surface area contributed by atoms with Gasteiger partial charge in [-0.15, -0.1) is 10.2 Å². The van der Waals surface area contributed by atoms with E-state index in [9.17, 15) is 13.2 Å². The van der Waals surface area contributed by atoms with Crippen molar-refractivity contribution in [2.24, 2.45) is 0 Å². The molecule has 0 saturated carbocycles. The SMILES string of the molecule is FC(F)(F)c1ccc(N2CCN(c3nnc(Cl)c4occc34)CC2)nc1. The van der Waals surface area contributed by atoms with Crippen molar-refractivity contribution in [2.75, 3.05) is 36.0 Å². The maximum atomic E-state index is 12.6. The zero-order valence-corrected chi connectivity index (χ0v) is 14.1. The fourth-order valence-corrected chi connectivity index (χ4v) is 3.14. The number of halogens is 4. The molecule has 1 saturated heterocycles. The highest BCUT2D eigenvalue weighted by Gasteiger charge is 2.31. The number of pyridine rings is 1. The number of aromatic nitrogens is 3. The highest BCUT2D eigenvalue weighted by atomic mass is 35.5. The third-order valence-corrected chi connectivity index (χ3v) is 4.55. The van der Waals surface area contributed by atoms with E-state index in [0.717, 1.165) is 17.6 Å². The molecule has 0 amide bonds. The quantitative estimate of drug-likeness (QED) is 0.673. The molecule has 136 valence electrons. The van der Waals surface area contributed by atoms with Crippen molar-refractivity contribution in [1.82, 2.24) is 15.2 Å². The molecule has 1 aliphatic heterocycles. The van der Waals surface area contributed by atoms with Gasteiger partial charge < -0.3 is 14.2 Å². The fraction of sp³-hybridized carbons (Fsp3) is 0.312. The van der Waals surface area contributed by atoms with Crippen molar-refractivity contribution in [1.29, 1.82) is 0 Å². The zero-order valence-electron chi connectivity index (χ0n) is 13.4. The van der Waals surface area contributed by atoms with Crippen LogP contribution in [0.15, 0.2) is 35.1 Å². The Hall–Kier alpha value is -2.55. The van der Waals surface area contributed by atoms with Crippen LogP contribution >= 0.6 is 11.6 Å². The second-order valence-corrected chi connectivity index (χ2v) is 6.21. The van der Waals surface area contributed by atoms with Crippen LogP contribution in [-0.4, -0.2) is 41.4 Å². The first kappa shape index (κ1) is 16.9. The number of rotatable bonds is 2. The Balaban J connectivity index is 1.49. The van der Waals surface area contributed by atoms with E-state index in [2.05, 4.69) is 15.2 Å². The van der Waals surface area contributed by atoms with Gasteiger partial charge in [-0.2, -0.15) is 13.2 Å². The molecular formula is C16H13ClF3N5O. The van der Waals surface area contributed by atoms with Crippen molar-refractivity contribution in [2.45, 2.75) is 6.18 Å². The third kappa shape index (κ3) is 3.03. The lowest BCUT2D eigenvalue weighted by atomic mass is 10.2. The van der Waals surface area contributed by atoms with Gasteiger partial charge in [0.05, 0.1) is 17.2 Å². The average molecular weight is 384 g/mol. The number of piperazine rings is 1. The van der Waals surface area contributed by atoms with E-state index in [4.69, 9.17) is 16.0 Å². The van der Waals surface area contributed by atoms with Gasteiger partial charge in [0.15, 0.2) is 16.6 Å². The van der Waals surface area contributed by atoms with Crippen LogP contribution in [0.5, 0.6) is 0 Å². The molecule has 0 spiro atoms. The molecule has 10 heteroatoms. The average Bonchev–Trinajstić information content (AvgIpc) is 3.12. The van der Waals surface area contributed by atoms with Gasteiger partial charge in [0.25, 0.3) is 0 Å². The minimum Gasteiger partial charge on any atom is -0.461 e. The van der Waals surface area contributed by atoms with Gasteiger partial charge in [0, 0.05) is 32.4 Å². The minimum absolute atomic E-state index is 0.210. The lowest BCUT2D eigenvalue weighted by Gasteiger charge is -2.36. The molecule has 6 nitrogen and oxygen atoms in total. The molecule has 0 N–H and O–H groups in total. The number of nitrogens with zero attached hydrogens (tertiary/aromatic N) is 5. The monoisotopic (exact) mass is 383 g/mol. The number of alkyl halides is 3. The number of anilines is 2. The zero-order chi connectivity index (χ0) is 18.3. The minimum atomic E-state index is -4.38. The molecule has 0 aromatic carbocycles. The molecule has 0 bridgehead atoms. The molecular weight excluding hydrogens is 371 g/mol. The first-order valence-corrected chi connectivity index (χ1v) is 8.24. The van der Waals surface area contributed by atoms with E-state index < -0.39 is 11.7 Å². The highest BCUT2D eigenvalue weighted by Crippen LogP contribution is 2.31. The number of hydrogen-bond acceptors (Lipinski definition) is 6. The molecule has 4 heterocycles. The van der Waals surface area contributed by atoms with Crippen molar-refractivity contribution < 1.29 is 17.6 Å². The smallest absolute Gasteiger partial charge is 0.417 e. The summed E-state index contributed by atoms with van der Waals surface area (Å²) in [6, 6.07) is 4.23. The molecule has 3 aromatic heterocycles. The predicted octanol–water partition coefficient (Wildman–Crippen LogP) is 3.62. The Morgan fingerprint density at radius 1 is 1.00 bits per heavy atom. The van der Waals surface area contributed by atoms with Gasteiger partial charge in [0.1, 0.15) is 5.82 Å². The molecule has 26 heavy (non-hydrogen) atoms. The van der Waals surface area contributed by atoms with Gasteiger partial charge in [-0.05, 0) is 18.2 Å². The Kier molecular flexibility index (Phi) is 4.10. The summed E-state index contributed by atoms with van der Waals surface area (Å²) < 4.78 is 43.3. The van der Waals surface area contributed by atoms with Gasteiger partial charge in [-0.25, -0.2) is 4.98 Å². The standard InChI is InChI=1S/C16H13ClF3N5O/c17-14-13-11(3-8-26-13)15(23-22-14)25-6-4-24(5-7-25)12-2-1-10(9-21-12)16(18,19)20/h1-3,8-9H,4-7H2. The molecule has 0 atom stereocenters. The van der Waals surface area contributed by atoms with Crippen molar-refractivity contribution in [3.8, 4) is 0 Å². The van der Waals surface area contributed by atoms with Crippen LogP contribution < -0.4 is 9.80 Å².